The first kappa shape index (κ1) is 19.8. The van der Waals surface area contributed by atoms with Crippen molar-refractivity contribution in [2.24, 2.45) is 0 Å². The van der Waals surface area contributed by atoms with Crippen molar-refractivity contribution in [1.82, 2.24) is 20.4 Å². The molecule has 0 aliphatic heterocycles. The van der Waals surface area contributed by atoms with Gasteiger partial charge in [-0.1, -0.05) is 42.0 Å². The highest BCUT2D eigenvalue weighted by atomic mass is 16.5. The molecule has 0 radical (unpaired) electrons. The molecule has 1 amide bonds. The van der Waals surface area contributed by atoms with Gasteiger partial charge in [-0.15, -0.1) is 0 Å². The van der Waals surface area contributed by atoms with Crippen LogP contribution in [0.4, 0.5) is 0 Å². The Balaban J connectivity index is 1.82. The predicted molar refractivity (Wildman–Crippen MR) is 111 cm³/mol. The normalized spacial score (nSPS) is 10.8. The largest absolute Gasteiger partial charge is 0.383 e. The zero-order chi connectivity index (χ0) is 19.8. The molecule has 2 aromatic carbocycles. The standard InChI is InChI=1S/C22H26N4O2/c1-17-7-6-8-18(15-17)21-20(22(27)24-12-11-23-13-14-28-2)16-26(25-21)19-9-4-3-5-10-19/h3-10,15-16,23H,11-14H2,1-2H3,(H,24,27). The topological polar surface area (TPSA) is 68.2 Å². The summed E-state index contributed by atoms with van der Waals surface area (Å²) in [5, 5.41) is 10.9. The Kier molecular flexibility index (Phi) is 6.94. The van der Waals surface area contributed by atoms with Crippen LogP contribution in [0, 0.1) is 6.92 Å². The van der Waals surface area contributed by atoms with Crippen LogP contribution in [0.5, 0.6) is 0 Å². The number of ether oxygens (including phenoxy) is 1. The average Bonchev–Trinajstić information content (AvgIpc) is 3.17. The minimum Gasteiger partial charge on any atom is -0.383 e. The van der Waals surface area contributed by atoms with E-state index in [0.29, 0.717) is 31.0 Å². The number of rotatable bonds is 9. The molecule has 0 aliphatic rings. The van der Waals surface area contributed by atoms with Crippen LogP contribution in [0.1, 0.15) is 15.9 Å². The van der Waals surface area contributed by atoms with Crippen LogP contribution in [0.2, 0.25) is 0 Å². The molecule has 0 bridgehead atoms. The number of carbonyl (C=O) groups excluding carboxylic acids is 1. The number of carbonyl (C=O) groups is 1. The first-order valence-electron chi connectivity index (χ1n) is 9.39. The Hall–Kier alpha value is -2.96. The van der Waals surface area contributed by atoms with Gasteiger partial charge in [0.1, 0.15) is 5.69 Å². The van der Waals surface area contributed by atoms with Gasteiger partial charge < -0.3 is 15.4 Å². The zero-order valence-electron chi connectivity index (χ0n) is 16.3. The lowest BCUT2D eigenvalue weighted by Crippen LogP contribution is -2.33. The highest BCUT2D eigenvalue weighted by molar-refractivity contribution is 6.00. The third-order valence-corrected chi connectivity index (χ3v) is 4.34. The summed E-state index contributed by atoms with van der Waals surface area (Å²) in [5.41, 5.74) is 4.21. The van der Waals surface area contributed by atoms with Gasteiger partial charge in [-0.25, -0.2) is 4.68 Å². The van der Waals surface area contributed by atoms with E-state index in [1.807, 2.05) is 61.5 Å². The van der Waals surface area contributed by atoms with Gasteiger partial charge in [0.25, 0.3) is 5.91 Å². The van der Waals surface area contributed by atoms with Crippen LogP contribution < -0.4 is 10.6 Å². The fourth-order valence-corrected chi connectivity index (χ4v) is 2.92. The third-order valence-electron chi connectivity index (χ3n) is 4.34. The van der Waals surface area contributed by atoms with E-state index in [-0.39, 0.29) is 5.91 Å². The maximum Gasteiger partial charge on any atom is 0.255 e. The zero-order valence-corrected chi connectivity index (χ0v) is 16.3. The van der Waals surface area contributed by atoms with Gasteiger partial charge in [0.15, 0.2) is 0 Å². The molecule has 6 nitrogen and oxygen atoms in total. The molecular weight excluding hydrogens is 352 g/mol. The van der Waals surface area contributed by atoms with E-state index in [2.05, 4.69) is 10.6 Å². The Morgan fingerprint density at radius 3 is 2.64 bits per heavy atom. The van der Waals surface area contributed by atoms with Crippen LogP contribution in [0.15, 0.2) is 60.8 Å². The number of hydrogen-bond acceptors (Lipinski definition) is 4. The molecule has 3 rings (SSSR count). The second-order valence-electron chi connectivity index (χ2n) is 6.54. The number of para-hydroxylation sites is 1. The number of nitrogens with one attached hydrogen (secondary N) is 2. The second-order valence-corrected chi connectivity index (χ2v) is 6.54. The number of benzene rings is 2. The minimum atomic E-state index is -0.132. The molecule has 1 heterocycles. The van der Waals surface area contributed by atoms with Crippen LogP contribution in [0.3, 0.4) is 0 Å². The molecule has 28 heavy (non-hydrogen) atoms. The summed E-state index contributed by atoms with van der Waals surface area (Å²) in [6, 6.07) is 17.8. The first-order valence-corrected chi connectivity index (χ1v) is 9.39. The molecular formula is C22H26N4O2. The number of methoxy groups -OCH3 is 1. The van der Waals surface area contributed by atoms with Crippen molar-refractivity contribution in [2.75, 3.05) is 33.4 Å². The molecule has 3 aromatic rings. The van der Waals surface area contributed by atoms with Gasteiger partial charge in [0.05, 0.1) is 17.9 Å². The molecule has 0 aliphatic carbocycles. The fraction of sp³-hybridized carbons (Fsp3) is 0.273. The SMILES string of the molecule is COCCNCCNC(=O)c1cn(-c2ccccc2)nc1-c1cccc(C)c1. The molecule has 0 unspecified atom stereocenters. The summed E-state index contributed by atoms with van der Waals surface area (Å²) < 4.78 is 6.75. The van der Waals surface area contributed by atoms with Gasteiger partial charge in [-0.05, 0) is 25.1 Å². The lowest BCUT2D eigenvalue weighted by Gasteiger charge is -2.07. The van der Waals surface area contributed by atoms with Crippen molar-refractivity contribution in [3.05, 3.63) is 71.9 Å². The highest BCUT2D eigenvalue weighted by Crippen LogP contribution is 2.24. The number of hydrogen-bond donors (Lipinski definition) is 2. The molecule has 2 N–H and O–H groups in total. The molecule has 0 spiro atoms. The van der Waals surface area contributed by atoms with Gasteiger partial charge in [0, 0.05) is 38.5 Å². The summed E-state index contributed by atoms with van der Waals surface area (Å²) in [4.78, 5) is 12.8. The Labute approximate surface area is 165 Å². The summed E-state index contributed by atoms with van der Waals surface area (Å²) in [5.74, 6) is -0.132. The quantitative estimate of drug-likeness (QED) is 0.562. The van der Waals surface area contributed by atoms with Crippen molar-refractivity contribution >= 4 is 5.91 Å². The van der Waals surface area contributed by atoms with Gasteiger partial charge in [-0.2, -0.15) is 5.10 Å². The van der Waals surface area contributed by atoms with E-state index in [1.54, 1.807) is 18.0 Å². The first-order chi connectivity index (χ1) is 13.7. The highest BCUT2D eigenvalue weighted by Gasteiger charge is 2.18. The molecule has 0 atom stereocenters. The lowest BCUT2D eigenvalue weighted by molar-refractivity contribution is 0.0954. The van der Waals surface area contributed by atoms with Gasteiger partial charge >= 0.3 is 0 Å². The van der Waals surface area contributed by atoms with Crippen LogP contribution >= 0.6 is 0 Å². The maximum absolute atomic E-state index is 12.8. The third kappa shape index (κ3) is 5.06. The van der Waals surface area contributed by atoms with Crippen molar-refractivity contribution < 1.29 is 9.53 Å². The molecule has 146 valence electrons. The van der Waals surface area contributed by atoms with Crippen LogP contribution in [-0.4, -0.2) is 49.0 Å². The van der Waals surface area contributed by atoms with Crippen molar-refractivity contribution in [1.29, 1.82) is 0 Å². The molecule has 0 saturated carbocycles. The summed E-state index contributed by atoms with van der Waals surface area (Å²) in [6.07, 6.45) is 1.79. The molecule has 0 saturated heterocycles. The monoisotopic (exact) mass is 378 g/mol. The summed E-state index contributed by atoms with van der Waals surface area (Å²) >= 11 is 0. The summed E-state index contributed by atoms with van der Waals surface area (Å²) in [7, 11) is 1.67. The van der Waals surface area contributed by atoms with Gasteiger partial charge in [-0.3, -0.25) is 4.79 Å². The Morgan fingerprint density at radius 1 is 1.07 bits per heavy atom. The van der Waals surface area contributed by atoms with E-state index in [0.717, 1.165) is 23.4 Å². The number of nitrogens with zero attached hydrogens (tertiary/aromatic N) is 2. The van der Waals surface area contributed by atoms with Crippen molar-refractivity contribution in [3.8, 4) is 16.9 Å². The molecule has 1 aromatic heterocycles. The lowest BCUT2D eigenvalue weighted by atomic mass is 10.1. The maximum atomic E-state index is 12.8. The van der Waals surface area contributed by atoms with E-state index in [9.17, 15) is 4.79 Å². The average molecular weight is 378 g/mol. The number of aryl methyl sites for hydroxylation is 1. The molecule has 0 fully saturated rings. The number of aromatic nitrogens is 2. The van der Waals surface area contributed by atoms with Crippen molar-refractivity contribution in [3.63, 3.8) is 0 Å². The van der Waals surface area contributed by atoms with E-state index in [1.165, 1.54) is 0 Å². The second kappa shape index (κ2) is 9.82. The molecule has 6 heteroatoms. The van der Waals surface area contributed by atoms with Crippen molar-refractivity contribution in [2.45, 2.75) is 6.92 Å². The van der Waals surface area contributed by atoms with Crippen LogP contribution in [0.25, 0.3) is 16.9 Å². The van der Waals surface area contributed by atoms with E-state index >= 15 is 0 Å². The van der Waals surface area contributed by atoms with E-state index in [4.69, 9.17) is 9.84 Å². The Morgan fingerprint density at radius 2 is 1.89 bits per heavy atom. The fourth-order valence-electron chi connectivity index (χ4n) is 2.92. The predicted octanol–water partition coefficient (Wildman–Crippen LogP) is 2.81. The number of amides is 1. The minimum absolute atomic E-state index is 0.132. The smallest absolute Gasteiger partial charge is 0.255 e. The van der Waals surface area contributed by atoms with Crippen LogP contribution in [-0.2, 0) is 4.74 Å². The van der Waals surface area contributed by atoms with E-state index < -0.39 is 0 Å². The summed E-state index contributed by atoms with van der Waals surface area (Å²) in [6.45, 7) is 4.65. The van der Waals surface area contributed by atoms with Gasteiger partial charge in [0.2, 0.25) is 0 Å². The Bertz CT molecular complexity index is 906.